The van der Waals surface area contributed by atoms with Crippen molar-refractivity contribution in [3.05, 3.63) is 0 Å². The molecule has 770 valence electrons. The van der Waals surface area contributed by atoms with Crippen LogP contribution in [0.3, 0.4) is 0 Å². The van der Waals surface area contributed by atoms with Gasteiger partial charge in [-0.1, -0.05) is 0 Å². The van der Waals surface area contributed by atoms with Gasteiger partial charge in [0, 0.05) is 180 Å². The molecule has 42 atom stereocenters. The fourth-order valence-corrected chi connectivity index (χ4v) is 23.6. The van der Waals surface area contributed by atoms with Gasteiger partial charge in [0.05, 0.1) is 42.7 Å². The van der Waals surface area contributed by atoms with E-state index in [0.29, 0.717) is 0 Å². The predicted molar refractivity (Wildman–Crippen MR) is 476 cm³/mol. The predicted octanol–water partition coefficient (Wildman–Crippen LogP) is -5.00. The summed E-state index contributed by atoms with van der Waals surface area (Å²) in [6.07, 6.45) is -47.6. The third kappa shape index (κ3) is 30.2. The molecular weight excluding hydrogens is 1920 g/mol. The molecule has 133 heavy (non-hydrogen) atoms. The normalized spacial score (nSPS) is 38.6. The van der Waals surface area contributed by atoms with Crippen molar-refractivity contribution in [1.29, 1.82) is 0 Å². The van der Waals surface area contributed by atoms with E-state index in [1.54, 1.807) is 0 Å². The number of carbonyl (C=O) groups is 7. The molecule has 0 radical (unpaired) electrons. The van der Waals surface area contributed by atoms with E-state index < -0.39 is 299 Å². The van der Waals surface area contributed by atoms with Crippen LogP contribution in [-0.2, 0) is 166 Å². The average Bonchev–Trinajstić information content (AvgIpc) is 0.851. The lowest BCUT2D eigenvalue weighted by Crippen LogP contribution is -2.69. The average molecular weight is 2050 g/mol. The van der Waals surface area contributed by atoms with Crippen LogP contribution >= 0.6 is 82.3 Å². The number of carboxylic acid groups (broad SMARTS) is 7. The summed E-state index contributed by atoms with van der Waals surface area (Å²) in [5.74, 6) is -11.5. The third-order valence-electron chi connectivity index (χ3n) is 23.3. The summed E-state index contributed by atoms with van der Waals surface area (Å²) >= 11 is 7.38. The van der Waals surface area contributed by atoms with Gasteiger partial charge in [-0.15, -0.1) is 0 Å². The van der Waals surface area contributed by atoms with Crippen molar-refractivity contribution in [2.75, 3.05) is 180 Å². The summed E-state index contributed by atoms with van der Waals surface area (Å²) < 4.78 is 189. The van der Waals surface area contributed by atoms with Crippen LogP contribution in [-0.4, -0.2) is 515 Å². The van der Waals surface area contributed by atoms with Gasteiger partial charge in [0.1, 0.15) is 170 Å². The van der Waals surface area contributed by atoms with E-state index in [0.717, 1.165) is 82.3 Å². The monoisotopic (exact) mass is 2050 g/mol. The van der Waals surface area contributed by atoms with Gasteiger partial charge >= 0.3 is 41.8 Å². The second-order valence-corrected chi connectivity index (χ2v) is 39.2. The molecular formula is C77H133N7O42S7. The smallest absolute Gasteiger partial charge is 0.321 e. The number of aliphatic carboxylic acids is 7. The van der Waals surface area contributed by atoms with Crippen LogP contribution < -0.4 is 40.1 Å². The highest BCUT2D eigenvalue weighted by molar-refractivity contribution is 8.00. The van der Waals surface area contributed by atoms with Crippen molar-refractivity contribution in [3.8, 4) is 0 Å². The van der Waals surface area contributed by atoms with E-state index in [4.69, 9.17) is 173 Å². The van der Waals surface area contributed by atoms with Crippen molar-refractivity contribution in [2.45, 2.75) is 257 Å². The Morgan fingerprint density at radius 3 is 0.376 bits per heavy atom. The second-order valence-electron chi connectivity index (χ2n) is 31.7. The highest BCUT2D eigenvalue weighted by Gasteiger charge is 2.63. The molecule has 21 N–H and O–H groups in total. The molecule has 21 fully saturated rings. The van der Waals surface area contributed by atoms with Gasteiger partial charge in [0.2, 0.25) is 0 Å². The Labute approximate surface area is 799 Å². The van der Waals surface area contributed by atoms with Crippen molar-refractivity contribution < 1.29 is 202 Å². The Hall–Kier alpha value is -2.66. The van der Waals surface area contributed by atoms with E-state index in [9.17, 15) is 69.3 Å². The van der Waals surface area contributed by atoms with Gasteiger partial charge in [0.25, 0.3) is 0 Å². The first-order valence-electron chi connectivity index (χ1n) is 42.1. The maximum atomic E-state index is 12.4. The third-order valence-corrected chi connectivity index (χ3v) is 31.4. The Bertz CT molecular complexity index is 2920. The molecule has 0 aromatic carbocycles. The van der Waals surface area contributed by atoms with Crippen LogP contribution in [0.25, 0.3) is 0 Å². The molecule has 14 bridgehead atoms. The Morgan fingerprint density at radius 2 is 0.293 bits per heavy atom. The van der Waals surface area contributed by atoms with Gasteiger partial charge in [-0.2, -0.15) is 82.3 Å². The zero-order valence-corrected chi connectivity index (χ0v) is 81.7. The summed E-state index contributed by atoms with van der Waals surface area (Å²) in [5.41, 5.74) is 43.0. The number of carboxylic acids is 7. The maximum Gasteiger partial charge on any atom is 0.321 e. The minimum Gasteiger partial charge on any atom is -0.480 e. The number of hydrogen-bond acceptors (Lipinski definition) is 49. The topological polar surface area (TPSA) is 702 Å². The Morgan fingerprint density at radius 1 is 0.195 bits per heavy atom. The molecule has 0 unspecified atom stereocenters. The number of ether oxygens (including phenoxy) is 28. The number of nitrogens with two attached hydrogens (primary N) is 7. The van der Waals surface area contributed by atoms with Crippen LogP contribution in [0.5, 0.6) is 0 Å². The van der Waals surface area contributed by atoms with Gasteiger partial charge in [-0.05, 0) is 0 Å². The molecule has 21 aliphatic heterocycles. The zero-order valence-electron chi connectivity index (χ0n) is 76.0. The second kappa shape index (κ2) is 57.0. The summed E-state index contributed by atoms with van der Waals surface area (Å²) in [6, 6.07) is -9.79. The summed E-state index contributed by atoms with van der Waals surface area (Å²) in [4.78, 5) is 86.7. The lowest BCUT2D eigenvalue weighted by Gasteiger charge is -2.52. The van der Waals surface area contributed by atoms with E-state index >= 15 is 0 Å². The van der Waals surface area contributed by atoms with Crippen LogP contribution in [0.4, 0.5) is 0 Å². The Balaban J connectivity index is 1.37. The van der Waals surface area contributed by atoms with Crippen molar-refractivity contribution in [2.24, 2.45) is 40.1 Å². The van der Waals surface area contributed by atoms with Gasteiger partial charge in [0.15, 0.2) is 44.0 Å². The van der Waals surface area contributed by atoms with E-state index in [1.807, 2.05) is 0 Å². The minimum atomic E-state index is -1.56. The molecule has 21 aliphatic rings. The highest BCUT2D eigenvalue weighted by atomic mass is 32.2. The quantitative estimate of drug-likeness (QED) is 0.0271. The molecule has 56 heteroatoms. The van der Waals surface area contributed by atoms with Gasteiger partial charge < -0.3 is 209 Å². The van der Waals surface area contributed by atoms with Gasteiger partial charge in [-0.3, -0.25) is 33.6 Å². The number of rotatable bonds is 49. The first kappa shape index (κ1) is 116. The maximum absolute atomic E-state index is 12.4. The number of hydrogen-bond donors (Lipinski definition) is 14. The first-order chi connectivity index (χ1) is 63.6. The molecule has 0 aliphatic carbocycles. The first-order valence-corrected chi connectivity index (χ1v) is 50.1. The molecule has 21 rings (SSSR count). The number of thioether (sulfide) groups is 7. The van der Waals surface area contributed by atoms with Crippen LogP contribution in [0, 0.1) is 0 Å². The summed E-state index contributed by atoms with van der Waals surface area (Å²) in [5, 5.41) is 70.6. The summed E-state index contributed by atoms with van der Waals surface area (Å²) in [7, 11) is 18.8. The molecule has 0 spiro atoms. The Kier molecular flexibility index (Phi) is 49.5. The van der Waals surface area contributed by atoms with E-state index in [2.05, 4.69) is 0 Å². The standard InChI is InChI=1S/C77H133N7O42S7/c1-99-50-43-36(22-127-15-29(78)64(85)86)113-71(57(50)106-8)121-44-37(23-128-16-30(79)65(87)88)115-73(59(108-10)51(44)100-2)123-46-39(25-130-18-32(81)67(91)92)117-75(61(110-12)53(46)102-4)125-48-41(27-132-20-34(83)69(95)96)119-77(63(112-14)55(48)104-6)126-49-42(28-133-21-35(84)70(97)98)118-76(62(111-13)56(49)105-7)124-47-40(26-131-19-33(82)68(93)94)116-74(60(109-11)54(47)103-5)122-45-38(24-129-17-31(80)66(89)90)114-72(120-43)58(107-9)52(45)101-3/h29-63,71-77H,15-28,78-84H2,1-14H3,(H,85,86)(H,87,88)(H,89,90)(H,91,92)(H,93,94)(H,95,96)(H,97,98)/t29-,30-,31-,32-,33-,34-,35-,36-,37+,38+,39-,40+,41+,42+,43+,44+,45+,46+,47+,48+,49+,50-,51-,52-,53-,54-,55+,56+,57+,58+,59+,60-,61+,62-,63+,71+,72+,73+,74+,75+,76+,77+/m0/s1. The molecule has 49 nitrogen and oxygen atoms in total. The zero-order chi connectivity index (χ0) is 97.9. The fraction of sp³-hybridized carbons (Fsp3) is 0.909. The van der Waals surface area contributed by atoms with Crippen LogP contribution in [0.15, 0.2) is 0 Å². The molecule has 0 aromatic rings. The lowest BCUT2D eigenvalue weighted by atomic mass is 9.95. The molecule has 21 heterocycles. The summed E-state index contributed by atoms with van der Waals surface area (Å²) in [6.45, 7) is 0. The van der Waals surface area contributed by atoms with Crippen molar-refractivity contribution >= 4 is 124 Å². The molecule has 0 saturated carbocycles. The minimum absolute atomic E-state index is 0.135. The van der Waals surface area contributed by atoms with Crippen molar-refractivity contribution in [1.82, 2.24) is 0 Å². The largest absolute Gasteiger partial charge is 0.480 e. The molecule has 21 saturated heterocycles. The molecule has 0 aromatic heterocycles. The highest BCUT2D eigenvalue weighted by Crippen LogP contribution is 2.45. The van der Waals surface area contributed by atoms with Crippen molar-refractivity contribution in [3.63, 3.8) is 0 Å². The molecule has 0 amide bonds. The fourth-order valence-electron chi connectivity index (χ4n) is 16.4. The van der Waals surface area contributed by atoms with Crippen LogP contribution in [0.1, 0.15) is 0 Å². The number of methoxy groups -OCH3 is 14. The SMILES string of the molecule is CO[C@@H]1[C@@H](OC)[C@H]2O[C@H]3[C@H](OC)[C@@H](OC)[C@@H](O[C@H]4[C@H](OC)[C@@H](OC)[C@@H](O[C@H]5[C@@H](OC)[C@@H](OC)[C@@H](O[C@H]6[C@@H](OC)[C@H](OC)[C@@H](O[C@H]7[C@H](OC)[C@H](OC)[C@@H](O[C@H]8[C@H](OC)[C@@H](OC)[C@@H](O[C@@H]1[C@H](CSC[C@H](N)C(=O)O)O2)O[C@@H]8CSC[C@H](N)C(=O)O)O[C@@H]7CSC[C@H](N)C(=O)O)O[C@@H]6CSC[C@H](N)C(=O)O)O[C@@H]5CSC[C@H](N)C(=O)O)O[C@H]4CSC[C@H](N)C(=O)O)O[C@@H]3CSC[C@H](N)C(=O)O. The van der Waals surface area contributed by atoms with E-state index in [1.165, 1.54) is 99.5 Å². The van der Waals surface area contributed by atoms with Gasteiger partial charge in [-0.25, -0.2) is 0 Å². The van der Waals surface area contributed by atoms with E-state index in [-0.39, 0.29) is 80.5 Å². The lowest BCUT2D eigenvalue weighted by molar-refractivity contribution is -0.395. The van der Waals surface area contributed by atoms with Crippen LogP contribution in [0.2, 0.25) is 0 Å².